The van der Waals surface area contributed by atoms with Crippen LogP contribution in [0.5, 0.6) is 0 Å². The normalized spacial score (nSPS) is 20.8. The number of allylic oxidation sites excluding steroid dienone is 9. The van der Waals surface area contributed by atoms with Crippen molar-refractivity contribution in [3.05, 3.63) is 59.8 Å². The second-order valence-electron chi connectivity index (χ2n) is 4.91. The van der Waals surface area contributed by atoms with Crippen molar-refractivity contribution in [3.63, 3.8) is 0 Å². The fraction of sp³-hybridized carbons (Fsp3) is 0.353. The van der Waals surface area contributed by atoms with Crippen LogP contribution < -0.4 is 0 Å². The predicted octanol–water partition coefficient (Wildman–Crippen LogP) is 5.54. The van der Waals surface area contributed by atoms with Crippen LogP contribution in [0.3, 0.4) is 0 Å². The summed E-state index contributed by atoms with van der Waals surface area (Å²) >= 11 is 0. The van der Waals surface area contributed by atoms with E-state index >= 15 is 0 Å². The van der Waals surface area contributed by atoms with Gasteiger partial charge in [-0.25, -0.2) is 0 Å². The zero-order valence-electron chi connectivity index (χ0n) is 12.3. The summed E-state index contributed by atoms with van der Waals surface area (Å²) in [6.45, 7) is 6.85. The molecule has 1 aliphatic carbocycles. The zero-order chi connectivity index (χ0) is 16.0. The highest BCUT2D eigenvalue weighted by Gasteiger charge is 2.40. The van der Waals surface area contributed by atoms with Gasteiger partial charge in [0, 0.05) is 17.2 Å². The van der Waals surface area contributed by atoms with Crippen LogP contribution >= 0.6 is 0 Å². The highest BCUT2D eigenvalue weighted by molar-refractivity contribution is 5.98. The number of alkyl halides is 3. The van der Waals surface area contributed by atoms with Gasteiger partial charge in [0.2, 0.25) is 0 Å². The molecule has 0 heterocycles. The van der Waals surface area contributed by atoms with Gasteiger partial charge in [-0.1, -0.05) is 37.0 Å². The molecule has 1 nitrogen and oxygen atoms in total. The van der Waals surface area contributed by atoms with Gasteiger partial charge in [0.25, 0.3) is 0 Å². The highest BCUT2D eigenvalue weighted by Crippen LogP contribution is 2.40. The molecule has 0 aromatic carbocycles. The topological polar surface area (TPSA) is 23.9 Å². The maximum Gasteiger partial charge on any atom is 0.413 e. The molecular formula is C17H20F3N. The SMILES string of the molecule is C=C/C=C(\C=C/C)C1CCC=C(C(C)=N)C=C1C(F)(F)F. The lowest BCUT2D eigenvalue weighted by Crippen LogP contribution is -2.21. The van der Waals surface area contributed by atoms with E-state index in [1.807, 2.05) is 0 Å². The minimum atomic E-state index is -4.41. The molecule has 0 aromatic heterocycles. The van der Waals surface area contributed by atoms with Crippen LogP contribution in [0.1, 0.15) is 26.7 Å². The van der Waals surface area contributed by atoms with Gasteiger partial charge in [0.05, 0.1) is 0 Å². The summed E-state index contributed by atoms with van der Waals surface area (Å²) in [5, 5.41) is 7.59. The molecule has 0 radical (unpaired) electrons. The van der Waals surface area contributed by atoms with Gasteiger partial charge >= 0.3 is 6.18 Å². The number of nitrogens with one attached hydrogen (secondary N) is 1. The summed E-state index contributed by atoms with van der Waals surface area (Å²) < 4.78 is 40.2. The first kappa shape index (κ1) is 17.2. The molecule has 0 spiro atoms. The third-order valence-electron chi connectivity index (χ3n) is 3.34. The van der Waals surface area contributed by atoms with Crippen LogP contribution in [0.2, 0.25) is 0 Å². The van der Waals surface area contributed by atoms with Crippen molar-refractivity contribution in [1.29, 1.82) is 5.41 Å². The van der Waals surface area contributed by atoms with E-state index < -0.39 is 17.7 Å². The zero-order valence-corrected chi connectivity index (χ0v) is 12.3. The lowest BCUT2D eigenvalue weighted by atomic mass is 9.86. The fourth-order valence-electron chi connectivity index (χ4n) is 2.39. The van der Waals surface area contributed by atoms with E-state index in [9.17, 15) is 13.2 Å². The second-order valence-corrected chi connectivity index (χ2v) is 4.91. The number of hydrogen-bond donors (Lipinski definition) is 1. The molecule has 1 aliphatic rings. The lowest BCUT2D eigenvalue weighted by Gasteiger charge is -2.22. The van der Waals surface area contributed by atoms with Crippen molar-refractivity contribution in [2.24, 2.45) is 5.92 Å². The molecule has 0 bridgehead atoms. The Hall–Kier alpha value is -1.84. The molecule has 4 heteroatoms. The van der Waals surface area contributed by atoms with Gasteiger partial charge in [-0.2, -0.15) is 13.2 Å². The number of halogens is 3. The smallest absolute Gasteiger partial charge is 0.305 e. The Morgan fingerprint density at radius 2 is 2.10 bits per heavy atom. The number of rotatable bonds is 4. The summed E-state index contributed by atoms with van der Waals surface area (Å²) in [6, 6.07) is 0. The minimum Gasteiger partial charge on any atom is -0.305 e. The summed E-state index contributed by atoms with van der Waals surface area (Å²) in [4.78, 5) is 0. The third kappa shape index (κ3) is 4.59. The fourth-order valence-corrected chi connectivity index (χ4v) is 2.39. The van der Waals surface area contributed by atoms with E-state index in [0.717, 1.165) is 6.08 Å². The Morgan fingerprint density at radius 3 is 2.57 bits per heavy atom. The van der Waals surface area contributed by atoms with Gasteiger partial charge in [0.1, 0.15) is 0 Å². The summed E-state index contributed by atoms with van der Waals surface area (Å²) in [6.07, 6.45) is 5.82. The first-order valence-electron chi connectivity index (χ1n) is 6.81. The molecule has 0 saturated carbocycles. The van der Waals surface area contributed by atoms with Gasteiger partial charge in [-0.15, -0.1) is 0 Å². The average Bonchev–Trinajstić information content (AvgIpc) is 2.60. The maximum atomic E-state index is 13.4. The molecule has 1 N–H and O–H groups in total. The van der Waals surface area contributed by atoms with Crippen molar-refractivity contribution < 1.29 is 13.2 Å². The number of hydrogen-bond acceptors (Lipinski definition) is 1. The van der Waals surface area contributed by atoms with Gasteiger partial charge in [-0.05, 0) is 43.9 Å². The summed E-state index contributed by atoms with van der Waals surface area (Å²) in [7, 11) is 0. The van der Waals surface area contributed by atoms with E-state index in [0.29, 0.717) is 24.0 Å². The van der Waals surface area contributed by atoms with Gasteiger partial charge in [-0.3, -0.25) is 0 Å². The Bertz CT molecular complexity index is 531. The standard InChI is InChI=1S/C17H20F3N/c1-4-7-13(8-5-2)15-10-6-9-14(12(3)21)11-16(15)17(18,19)20/h4-5,7-9,11,15,21H,1,6,10H2,2-3H3/b8-5-,13-7+,21-12?. The average molecular weight is 295 g/mol. The third-order valence-corrected chi connectivity index (χ3v) is 3.34. The molecule has 0 aromatic rings. The molecule has 1 unspecified atom stereocenters. The Labute approximate surface area is 123 Å². The van der Waals surface area contributed by atoms with E-state index in [1.165, 1.54) is 13.0 Å². The Balaban J connectivity index is 3.38. The first-order valence-corrected chi connectivity index (χ1v) is 6.81. The van der Waals surface area contributed by atoms with Crippen LogP contribution in [-0.2, 0) is 0 Å². The van der Waals surface area contributed by atoms with E-state index in [4.69, 9.17) is 5.41 Å². The van der Waals surface area contributed by atoms with Gasteiger partial charge < -0.3 is 5.41 Å². The molecule has 0 amide bonds. The molecule has 21 heavy (non-hydrogen) atoms. The Kier molecular flexibility index (Phi) is 5.94. The van der Waals surface area contributed by atoms with Crippen LogP contribution in [0.25, 0.3) is 0 Å². The predicted molar refractivity (Wildman–Crippen MR) is 81.4 cm³/mol. The molecule has 114 valence electrons. The van der Waals surface area contributed by atoms with E-state index in [1.54, 1.807) is 31.2 Å². The van der Waals surface area contributed by atoms with Crippen molar-refractivity contribution in [3.8, 4) is 0 Å². The summed E-state index contributed by atoms with van der Waals surface area (Å²) in [5.41, 5.74) is 0.498. The molecule has 0 aliphatic heterocycles. The maximum absolute atomic E-state index is 13.4. The first-order chi connectivity index (χ1) is 9.81. The van der Waals surface area contributed by atoms with Crippen LogP contribution in [0.15, 0.2) is 59.8 Å². The molecule has 1 atom stereocenters. The van der Waals surface area contributed by atoms with Crippen LogP contribution in [0.4, 0.5) is 13.2 Å². The van der Waals surface area contributed by atoms with E-state index in [-0.39, 0.29) is 5.71 Å². The van der Waals surface area contributed by atoms with Crippen LogP contribution in [-0.4, -0.2) is 11.9 Å². The quantitative estimate of drug-likeness (QED) is 0.520. The highest BCUT2D eigenvalue weighted by atomic mass is 19.4. The van der Waals surface area contributed by atoms with Crippen molar-refractivity contribution >= 4 is 5.71 Å². The monoisotopic (exact) mass is 295 g/mol. The molecule has 0 fully saturated rings. The van der Waals surface area contributed by atoms with Crippen molar-refractivity contribution in [2.45, 2.75) is 32.9 Å². The largest absolute Gasteiger partial charge is 0.413 e. The van der Waals surface area contributed by atoms with E-state index in [2.05, 4.69) is 6.58 Å². The Morgan fingerprint density at radius 1 is 1.43 bits per heavy atom. The van der Waals surface area contributed by atoms with Crippen molar-refractivity contribution in [1.82, 2.24) is 0 Å². The molecule has 0 saturated heterocycles. The molecule has 1 rings (SSSR count). The van der Waals surface area contributed by atoms with Gasteiger partial charge in [0.15, 0.2) is 0 Å². The molecular weight excluding hydrogens is 275 g/mol. The minimum absolute atomic E-state index is 0.151. The second kappa shape index (κ2) is 7.25. The summed E-state index contributed by atoms with van der Waals surface area (Å²) in [5.74, 6) is -0.729. The van der Waals surface area contributed by atoms with Crippen molar-refractivity contribution in [2.75, 3.05) is 0 Å². The van der Waals surface area contributed by atoms with Crippen LogP contribution in [0, 0.1) is 11.3 Å². The lowest BCUT2D eigenvalue weighted by molar-refractivity contribution is -0.0976.